The van der Waals surface area contributed by atoms with Gasteiger partial charge in [-0.15, -0.1) is 11.3 Å². The molecule has 4 heterocycles. The fourth-order valence-electron chi connectivity index (χ4n) is 7.66. The van der Waals surface area contributed by atoms with Crippen molar-refractivity contribution in [2.75, 3.05) is 71.2 Å². The number of likely N-dealkylation sites (N-methyl/N-ethyl adjacent to an activating group) is 2. The minimum Gasteiger partial charge on any atom is -0.463 e. The van der Waals surface area contributed by atoms with Crippen LogP contribution in [0.15, 0.2) is 12.3 Å². The highest BCUT2D eigenvalue weighted by Gasteiger charge is 2.51. The Morgan fingerprint density at radius 1 is 1.10 bits per heavy atom. The van der Waals surface area contributed by atoms with Crippen LogP contribution in [0.2, 0.25) is 0 Å². The standard InChI is InChI=1S/C35H39F3N8O2S/c1-44(2)34(5-4-6-34)17-45(3)31-22-15-41-27(20-13-23(36)25(37)29-24(20)21(14-39)30(40)49-29)26(38)28(22)42-32(43-31)47-19-33(7-8-33)16-46-11-12-48-35(18-46)9-10-35/h13,15H,4-12,16-19,40H2,1-3H3. The summed E-state index contributed by atoms with van der Waals surface area (Å²) in [6, 6.07) is 2.86. The summed E-state index contributed by atoms with van der Waals surface area (Å²) in [7, 11) is 6.05. The molecule has 1 aromatic carbocycles. The van der Waals surface area contributed by atoms with E-state index in [1.807, 2.05) is 18.0 Å². The lowest BCUT2D eigenvalue weighted by Gasteiger charge is -2.49. The van der Waals surface area contributed by atoms with Crippen LogP contribution in [0, 0.1) is 34.2 Å². The Bertz CT molecular complexity index is 2020. The Hall–Kier alpha value is -3.77. The number of benzene rings is 1. The predicted octanol–water partition coefficient (Wildman–Crippen LogP) is 5.72. The Balaban J connectivity index is 1.19. The lowest BCUT2D eigenvalue weighted by molar-refractivity contribution is -0.0532. The number of thiophene rings is 1. The number of pyridine rings is 1. The number of rotatable bonds is 10. The fraction of sp³-hybridized carbons (Fsp3) is 0.543. The van der Waals surface area contributed by atoms with Crippen molar-refractivity contribution in [3.05, 3.63) is 35.3 Å². The summed E-state index contributed by atoms with van der Waals surface area (Å²) < 4.78 is 58.8. The molecule has 4 aliphatic rings. The van der Waals surface area contributed by atoms with Crippen LogP contribution in [-0.4, -0.2) is 96.4 Å². The van der Waals surface area contributed by atoms with E-state index >= 15 is 4.39 Å². The van der Waals surface area contributed by atoms with E-state index in [1.165, 1.54) is 6.20 Å². The molecule has 0 bridgehead atoms. The van der Waals surface area contributed by atoms with Crippen LogP contribution in [0.4, 0.5) is 24.0 Å². The van der Waals surface area contributed by atoms with Crippen molar-refractivity contribution < 1.29 is 22.6 Å². The lowest BCUT2D eigenvalue weighted by atomic mass is 9.75. The molecule has 49 heavy (non-hydrogen) atoms. The third-order valence-corrected chi connectivity index (χ3v) is 12.2. The Morgan fingerprint density at radius 2 is 1.88 bits per heavy atom. The number of aromatic nitrogens is 3. The van der Waals surface area contributed by atoms with E-state index in [0.717, 1.165) is 88.6 Å². The Kier molecular flexibility index (Phi) is 7.71. The number of ether oxygens (including phenoxy) is 2. The minimum absolute atomic E-state index is 0.00979. The van der Waals surface area contributed by atoms with E-state index in [4.69, 9.17) is 20.2 Å². The minimum atomic E-state index is -1.20. The van der Waals surface area contributed by atoms with Gasteiger partial charge in [0.05, 0.1) is 34.5 Å². The van der Waals surface area contributed by atoms with Gasteiger partial charge in [-0.25, -0.2) is 13.2 Å². The van der Waals surface area contributed by atoms with Crippen LogP contribution in [-0.2, 0) is 4.74 Å². The number of nitrogen functional groups attached to an aromatic ring is 1. The summed E-state index contributed by atoms with van der Waals surface area (Å²) >= 11 is 0.740. The van der Waals surface area contributed by atoms with Gasteiger partial charge in [-0.1, -0.05) is 0 Å². The maximum absolute atomic E-state index is 16.8. The zero-order valence-corrected chi connectivity index (χ0v) is 28.7. The van der Waals surface area contributed by atoms with Crippen molar-refractivity contribution in [1.29, 1.82) is 5.26 Å². The molecule has 1 spiro atoms. The summed E-state index contributed by atoms with van der Waals surface area (Å²) in [6.45, 7) is 4.48. The fourth-order valence-corrected chi connectivity index (χ4v) is 8.63. The smallest absolute Gasteiger partial charge is 0.319 e. The molecule has 14 heteroatoms. The Labute approximate surface area is 286 Å². The van der Waals surface area contributed by atoms with Gasteiger partial charge in [0.1, 0.15) is 28.1 Å². The molecule has 0 radical (unpaired) electrons. The first-order valence-electron chi connectivity index (χ1n) is 16.8. The first-order valence-corrected chi connectivity index (χ1v) is 17.6. The number of anilines is 2. The zero-order valence-electron chi connectivity index (χ0n) is 27.9. The summed E-state index contributed by atoms with van der Waals surface area (Å²) in [6.07, 6.45) is 8.88. The number of morpholine rings is 1. The topological polar surface area (TPSA) is 117 Å². The number of fused-ring (bicyclic) bond motifs is 2. The van der Waals surface area contributed by atoms with E-state index in [2.05, 4.69) is 33.9 Å². The Morgan fingerprint density at radius 3 is 2.53 bits per heavy atom. The van der Waals surface area contributed by atoms with Crippen molar-refractivity contribution in [3.8, 4) is 23.3 Å². The van der Waals surface area contributed by atoms with Crippen LogP contribution in [0.25, 0.3) is 32.2 Å². The van der Waals surface area contributed by atoms with E-state index in [0.29, 0.717) is 24.4 Å². The van der Waals surface area contributed by atoms with Gasteiger partial charge < -0.3 is 25.0 Å². The monoisotopic (exact) mass is 692 g/mol. The van der Waals surface area contributed by atoms with Crippen molar-refractivity contribution in [3.63, 3.8) is 0 Å². The van der Waals surface area contributed by atoms with Crippen LogP contribution in [0.1, 0.15) is 50.5 Å². The summed E-state index contributed by atoms with van der Waals surface area (Å²) in [4.78, 5) is 20.5. The number of halogens is 3. The summed E-state index contributed by atoms with van der Waals surface area (Å²) in [5.74, 6) is -2.73. The third kappa shape index (κ3) is 5.55. The molecule has 0 amide bonds. The van der Waals surface area contributed by atoms with Crippen molar-refractivity contribution in [2.24, 2.45) is 5.41 Å². The van der Waals surface area contributed by atoms with Gasteiger partial charge in [0.15, 0.2) is 17.5 Å². The number of hydrogen-bond acceptors (Lipinski definition) is 11. The molecular formula is C35H39F3N8O2S. The maximum atomic E-state index is 16.8. The SMILES string of the molecule is CN(CC1(N(C)C)CCC1)c1nc(OCC2(CN3CCOC4(CC4)C3)CC2)nc2c(F)c(-c3cc(F)c(F)c4sc(N)c(C#N)c34)ncc12. The first kappa shape index (κ1) is 32.4. The molecule has 3 aliphatic carbocycles. The average molecular weight is 693 g/mol. The molecule has 10 nitrogen and oxygen atoms in total. The third-order valence-electron chi connectivity index (χ3n) is 11.2. The lowest BCUT2D eigenvalue weighted by Crippen LogP contribution is -2.56. The molecule has 1 aliphatic heterocycles. The quantitative estimate of drug-likeness (QED) is 0.221. The van der Waals surface area contributed by atoms with Crippen LogP contribution >= 0.6 is 11.3 Å². The molecule has 8 rings (SSSR count). The van der Waals surface area contributed by atoms with Gasteiger partial charge in [-0.05, 0) is 65.1 Å². The second-order valence-corrected chi connectivity index (χ2v) is 15.8. The molecule has 4 aromatic rings. The van der Waals surface area contributed by atoms with Crippen molar-refractivity contribution >= 4 is 43.1 Å². The van der Waals surface area contributed by atoms with E-state index in [1.54, 1.807) is 0 Å². The molecule has 3 saturated carbocycles. The summed E-state index contributed by atoms with van der Waals surface area (Å²) in [5.41, 5.74) is 5.48. The molecule has 0 unspecified atom stereocenters. The number of nitrogens with two attached hydrogens (primary N) is 1. The first-order chi connectivity index (χ1) is 23.5. The number of hydrogen-bond donors (Lipinski definition) is 1. The number of nitrogens with zero attached hydrogens (tertiary/aromatic N) is 7. The van der Waals surface area contributed by atoms with E-state index < -0.39 is 17.5 Å². The molecule has 258 valence electrons. The van der Waals surface area contributed by atoms with Gasteiger partial charge in [0.2, 0.25) is 0 Å². The van der Waals surface area contributed by atoms with Crippen LogP contribution in [0.5, 0.6) is 6.01 Å². The zero-order chi connectivity index (χ0) is 34.3. The molecule has 0 atom stereocenters. The van der Waals surface area contributed by atoms with Gasteiger partial charge in [0, 0.05) is 61.3 Å². The largest absolute Gasteiger partial charge is 0.463 e. The molecular weight excluding hydrogens is 653 g/mol. The molecule has 4 fully saturated rings. The molecule has 3 aromatic heterocycles. The van der Waals surface area contributed by atoms with E-state index in [9.17, 15) is 14.0 Å². The van der Waals surface area contributed by atoms with Crippen LogP contribution < -0.4 is 15.4 Å². The van der Waals surface area contributed by atoms with Gasteiger partial charge in [-0.2, -0.15) is 15.2 Å². The maximum Gasteiger partial charge on any atom is 0.319 e. The van der Waals surface area contributed by atoms with Crippen molar-refractivity contribution in [1.82, 2.24) is 24.8 Å². The van der Waals surface area contributed by atoms with Gasteiger partial charge in [0.25, 0.3) is 0 Å². The normalized spacial score (nSPS) is 20.4. The second-order valence-electron chi connectivity index (χ2n) is 14.7. The van der Waals surface area contributed by atoms with Crippen LogP contribution in [0.3, 0.4) is 0 Å². The van der Waals surface area contributed by atoms with Crippen molar-refractivity contribution in [2.45, 2.75) is 56.1 Å². The molecule has 2 N–H and O–H groups in total. The van der Waals surface area contributed by atoms with Gasteiger partial charge in [-0.3, -0.25) is 9.88 Å². The average Bonchev–Trinajstić information content (AvgIpc) is 3.97. The summed E-state index contributed by atoms with van der Waals surface area (Å²) in [5, 5.41) is 10.2. The number of nitriles is 1. The second kappa shape index (κ2) is 11.7. The predicted molar refractivity (Wildman–Crippen MR) is 182 cm³/mol. The van der Waals surface area contributed by atoms with Gasteiger partial charge >= 0.3 is 6.01 Å². The highest BCUT2D eigenvalue weighted by atomic mass is 32.1. The molecule has 1 saturated heterocycles. The highest BCUT2D eigenvalue weighted by Crippen LogP contribution is 2.49. The van der Waals surface area contributed by atoms with E-state index in [-0.39, 0.29) is 60.0 Å². The highest BCUT2D eigenvalue weighted by molar-refractivity contribution is 7.23.